The van der Waals surface area contributed by atoms with Crippen LogP contribution in [0, 0.1) is 13.8 Å². The fraction of sp³-hybridized carbons (Fsp3) is 0.472. The first kappa shape index (κ1) is 31.0. The van der Waals surface area contributed by atoms with E-state index in [4.69, 9.17) is 9.97 Å². The number of anilines is 3. The van der Waals surface area contributed by atoms with Crippen molar-refractivity contribution in [2.75, 3.05) is 69.5 Å². The quantitative estimate of drug-likeness (QED) is 0.280. The van der Waals surface area contributed by atoms with Gasteiger partial charge in [-0.25, -0.2) is 9.97 Å². The first-order valence-corrected chi connectivity index (χ1v) is 16.3. The summed E-state index contributed by atoms with van der Waals surface area (Å²) < 4.78 is 0. The summed E-state index contributed by atoms with van der Waals surface area (Å²) in [6.07, 6.45) is 8.63. The van der Waals surface area contributed by atoms with Gasteiger partial charge < -0.3 is 29.9 Å². The number of aromatic amines is 1. The lowest BCUT2D eigenvalue weighted by atomic mass is 9.89. The Morgan fingerprint density at radius 2 is 1.62 bits per heavy atom. The zero-order chi connectivity index (χ0) is 31.7. The molecule has 9 nitrogen and oxygen atoms in total. The number of rotatable bonds is 8. The number of H-pyrrole nitrogens is 1. The number of benzene rings is 1. The van der Waals surface area contributed by atoms with Crippen LogP contribution in [-0.4, -0.2) is 91.2 Å². The highest BCUT2D eigenvalue weighted by atomic mass is 16.1. The van der Waals surface area contributed by atoms with Crippen LogP contribution in [0.4, 0.5) is 17.3 Å². The van der Waals surface area contributed by atoms with Crippen molar-refractivity contribution in [1.82, 2.24) is 24.8 Å². The first-order valence-electron chi connectivity index (χ1n) is 16.3. The molecular formula is C36H48N8O. The number of nitrogens with one attached hydrogen (secondary N) is 2. The molecule has 0 spiro atoms. The van der Waals surface area contributed by atoms with E-state index in [2.05, 4.69) is 88.4 Å². The zero-order valence-corrected chi connectivity index (χ0v) is 27.7. The Morgan fingerprint density at radius 1 is 0.889 bits per heavy atom. The van der Waals surface area contributed by atoms with Gasteiger partial charge >= 0.3 is 0 Å². The predicted molar refractivity (Wildman–Crippen MR) is 187 cm³/mol. The SMILES string of the molecule is Cc1cc(C)c(CNc2nccc3c(N(C)C4CCC(N(C)C)CC4)cc(-c4ccc(N5CCN(C)CC5)nc4)cc23)c(=O)[nH]1. The molecule has 2 aliphatic rings. The standard InChI is InChI=1S/C36H48N8O/c1-24-19-25(2)40-36(45)32(24)23-39-35-31-20-27(26-7-12-34(38-22-26)44-17-15-42(5)16-18-44)21-33(30(31)13-14-37-35)43(6)29-10-8-28(9-11-29)41(3)4/h7,12-14,19-22,28-29H,8-11,15-18,23H2,1-6H3,(H,37,39)(H,40,45). The molecule has 4 heterocycles. The number of aromatic nitrogens is 3. The summed E-state index contributed by atoms with van der Waals surface area (Å²) in [5, 5.41) is 5.72. The maximum atomic E-state index is 12.8. The maximum absolute atomic E-state index is 12.8. The van der Waals surface area contributed by atoms with Crippen LogP contribution in [-0.2, 0) is 6.54 Å². The average Bonchev–Trinajstić information content (AvgIpc) is 3.04. The summed E-state index contributed by atoms with van der Waals surface area (Å²) in [5.74, 6) is 1.81. The normalized spacial score (nSPS) is 19.3. The number of hydrogen-bond acceptors (Lipinski definition) is 8. The topological polar surface area (TPSA) is 83.6 Å². The Bertz CT molecular complexity index is 1680. The van der Waals surface area contributed by atoms with Crippen molar-refractivity contribution in [1.29, 1.82) is 0 Å². The molecule has 238 valence electrons. The van der Waals surface area contributed by atoms with Gasteiger partial charge in [0.15, 0.2) is 0 Å². The minimum absolute atomic E-state index is 0.0545. The smallest absolute Gasteiger partial charge is 0.253 e. The molecule has 1 saturated carbocycles. The number of pyridine rings is 3. The van der Waals surface area contributed by atoms with Crippen LogP contribution >= 0.6 is 0 Å². The third kappa shape index (κ3) is 6.70. The Kier molecular flexibility index (Phi) is 9.10. The van der Waals surface area contributed by atoms with E-state index >= 15 is 0 Å². The van der Waals surface area contributed by atoms with Crippen molar-refractivity contribution in [3.8, 4) is 11.1 Å². The van der Waals surface area contributed by atoms with Crippen LogP contribution in [0.5, 0.6) is 0 Å². The molecule has 2 N–H and O–H groups in total. The lowest BCUT2D eigenvalue weighted by Gasteiger charge is -2.38. The molecule has 1 aromatic carbocycles. The summed E-state index contributed by atoms with van der Waals surface area (Å²) in [5.41, 5.74) is 5.92. The third-order valence-electron chi connectivity index (χ3n) is 10.0. The Hall–Kier alpha value is -3.95. The van der Waals surface area contributed by atoms with Crippen LogP contribution in [0.2, 0.25) is 0 Å². The first-order chi connectivity index (χ1) is 21.7. The molecule has 3 aromatic heterocycles. The Morgan fingerprint density at radius 3 is 2.29 bits per heavy atom. The van der Waals surface area contributed by atoms with Gasteiger partial charge in [-0.3, -0.25) is 4.79 Å². The fourth-order valence-electron chi connectivity index (χ4n) is 7.08. The van der Waals surface area contributed by atoms with Crippen LogP contribution in [0.1, 0.15) is 42.5 Å². The molecule has 1 aliphatic heterocycles. The second-order valence-corrected chi connectivity index (χ2v) is 13.3. The molecule has 2 fully saturated rings. The monoisotopic (exact) mass is 608 g/mol. The van der Waals surface area contributed by atoms with E-state index < -0.39 is 0 Å². The lowest BCUT2D eigenvalue weighted by molar-refractivity contribution is 0.215. The summed E-state index contributed by atoms with van der Waals surface area (Å²) >= 11 is 0. The van der Waals surface area contributed by atoms with E-state index in [-0.39, 0.29) is 5.56 Å². The van der Waals surface area contributed by atoms with Crippen molar-refractivity contribution in [3.05, 3.63) is 76.0 Å². The summed E-state index contributed by atoms with van der Waals surface area (Å²) in [4.78, 5) is 35.0. The van der Waals surface area contributed by atoms with Gasteiger partial charge in [0.1, 0.15) is 11.6 Å². The minimum atomic E-state index is -0.0545. The van der Waals surface area contributed by atoms with Crippen LogP contribution in [0.15, 0.2) is 53.6 Å². The van der Waals surface area contributed by atoms with E-state index in [1.807, 2.05) is 32.3 Å². The molecule has 6 rings (SSSR count). The number of hydrogen-bond donors (Lipinski definition) is 2. The molecule has 0 bridgehead atoms. The van der Waals surface area contributed by atoms with Gasteiger partial charge in [0.05, 0.1) is 0 Å². The lowest BCUT2D eigenvalue weighted by Crippen LogP contribution is -2.44. The maximum Gasteiger partial charge on any atom is 0.253 e. The molecular weight excluding hydrogens is 560 g/mol. The van der Waals surface area contributed by atoms with E-state index in [9.17, 15) is 4.79 Å². The van der Waals surface area contributed by atoms with Crippen molar-refractivity contribution in [2.45, 2.75) is 58.2 Å². The van der Waals surface area contributed by atoms with Crippen molar-refractivity contribution < 1.29 is 0 Å². The van der Waals surface area contributed by atoms with Crippen LogP contribution < -0.4 is 20.7 Å². The number of aryl methyl sites for hydroxylation is 2. The van der Waals surface area contributed by atoms with Crippen LogP contribution in [0.3, 0.4) is 0 Å². The van der Waals surface area contributed by atoms with E-state index in [0.29, 0.717) is 18.6 Å². The molecule has 45 heavy (non-hydrogen) atoms. The highest BCUT2D eigenvalue weighted by Crippen LogP contribution is 2.38. The molecule has 1 saturated heterocycles. The van der Waals surface area contributed by atoms with Gasteiger partial charge in [0.2, 0.25) is 0 Å². The van der Waals surface area contributed by atoms with Gasteiger partial charge in [0, 0.05) is 97.5 Å². The van der Waals surface area contributed by atoms with E-state index in [1.54, 1.807) is 0 Å². The number of piperazine rings is 1. The van der Waals surface area contributed by atoms with Crippen molar-refractivity contribution in [2.24, 2.45) is 0 Å². The zero-order valence-electron chi connectivity index (χ0n) is 27.7. The van der Waals surface area contributed by atoms with Crippen molar-refractivity contribution in [3.63, 3.8) is 0 Å². The van der Waals surface area contributed by atoms with Gasteiger partial charge in [0.25, 0.3) is 5.56 Å². The third-order valence-corrected chi connectivity index (χ3v) is 10.0. The number of fused-ring (bicyclic) bond motifs is 1. The predicted octanol–water partition coefficient (Wildman–Crippen LogP) is 5.27. The number of likely N-dealkylation sites (N-methyl/N-ethyl adjacent to an activating group) is 1. The number of nitrogens with zero attached hydrogens (tertiary/aromatic N) is 6. The van der Waals surface area contributed by atoms with Gasteiger partial charge in [-0.2, -0.15) is 0 Å². The van der Waals surface area contributed by atoms with Gasteiger partial charge in [-0.1, -0.05) is 0 Å². The summed E-state index contributed by atoms with van der Waals surface area (Å²) in [6.45, 7) is 8.40. The second-order valence-electron chi connectivity index (χ2n) is 13.3. The molecule has 9 heteroatoms. The fourth-order valence-corrected chi connectivity index (χ4v) is 7.08. The average molecular weight is 609 g/mol. The van der Waals surface area contributed by atoms with Crippen molar-refractivity contribution >= 4 is 28.1 Å². The molecule has 0 radical (unpaired) electrons. The minimum Gasteiger partial charge on any atom is -0.371 e. The van der Waals surface area contributed by atoms with E-state index in [0.717, 1.165) is 89.4 Å². The molecule has 0 amide bonds. The highest BCUT2D eigenvalue weighted by Gasteiger charge is 2.27. The molecule has 1 aliphatic carbocycles. The van der Waals surface area contributed by atoms with Gasteiger partial charge in [-0.05, 0) is 108 Å². The van der Waals surface area contributed by atoms with Crippen LogP contribution in [0.25, 0.3) is 21.9 Å². The molecule has 0 unspecified atom stereocenters. The second kappa shape index (κ2) is 13.2. The Balaban J connectivity index is 1.37. The molecule has 4 aromatic rings. The van der Waals surface area contributed by atoms with Gasteiger partial charge in [-0.15, -0.1) is 0 Å². The summed E-state index contributed by atoms with van der Waals surface area (Å²) in [6, 6.07) is 14.2. The van der Waals surface area contributed by atoms with E-state index in [1.165, 1.54) is 18.5 Å². The largest absolute Gasteiger partial charge is 0.371 e. The Labute approximate surface area is 267 Å². The molecule has 0 atom stereocenters. The highest BCUT2D eigenvalue weighted by molar-refractivity contribution is 6.03. The summed E-state index contributed by atoms with van der Waals surface area (Å²) in [7, 11) is 8.81.